The van der Waals surface area contributed by atoms with Gasteiger partial charge in [0.25, 0.3) is 11.5 Å². The lowest BCUT2D eigenvalue weighted by Crippen LogP contribution is -2.51. The first-order valence-electron chi connectivity index (χ1n) is 13.5. The molecule has 3 aromatic heterocycles. The van der Waals surface area contributed by atoms with Crippen LogP contribution in [-0.2, 0) is 0 Å². The second kappa shape index (κ2) is 9.84. The third-order valence-corrected chi connectivity index (χ3v) is 8.04. The van der Waals surface area contributed by atoms with Crippen molar-refractivity contribution in [3.63, 3.8) is 0 Å². The number of nitrogens with one attached hydrogen (secondary N) is 1. The van der Waals surface area contributed by atoms with Gasteiger partial charge in [-0.15, -0.1) is 5.10 Å². The van der Waals surface area contributed by atoms with Crippen LogP contribution in [0, 0.1) is 0 Å². The van der Waals surface area contributed by atoms with Crippen LogP contribution in [0.3, 0.4) is 0 Å². The van der Waals surface area contributed by atoms with E-state index in [-0.39, 0.29) is 24.3 Å². The average molecular weight is 532 g/mol. The highest BCUT2D eigenvalue weighted by molar-refractivity contribution is 5.91. The highest BCUT2D eigenvalue weighted by Gasteiger charge is 2.35. The summed E-state index contributed by atoms with van der Waals surface area (Å²) in [7, 11) is 0. The van der Waals surface area contributed by atoms with Crippen molar-refractivity contribution in [1.29, 1.82) is 0 Å². The predicted octanol–water partition coefficient (Wildman–Crippen LogP) is 2.89. The van der Waals surface area contributed by atoms with Crippen LogP contribution in [0.4, 0.5) is 0 Å². The van der Waals surface area contributed by atoms with Gasteiger partial charge in [0.2, 0.25) is 6.79 Å². The van der Waals surface area contributed by atoms with Crippen molar-refractivity contribution >= 4 is 16.8 Å². The topological polar surface area (TPSA) is 132 Å². The van der Waals surface area contributed by atoms with Crippen molar-refractivity contribution in [2.75, 3.05) is 33.0 Å². The molecule has 12 heteroatoms. The fourth-order valence-corrected chi connectivity index (χ4v) is 6.02. The maximum atomic E-state index is 13.6. The maximum absolute atomic E-state index is 13.6. The SMILES string of the molecule is O=C(c1ccco1)N1CCN([C@@H](c2cc3cc4c(cc3[nH]c2=O)OCO4)c2nnnn2C2CCCCC2)CC1. The fraction of sp³-hybridized carbons (Fsp3) is 0.444. The number of fused-ring (bicyclic) bond motifs is 2. The summed E-state index contributed by atoms with van der Waals surface area (Å²) in [6.07, 6.45) is 6.99. The van der Waals surface area contributed by atoms with Crippen molar-refractivity contribution in [2.24, 2.45) is 0 Å². The Morgan fingerprint density at radius 2 is 1.82 bits per heavy atom. The van der Waals surface area contributed by atoms with Gasteiger partial charge in [0.15, 0.2) is 23.1 Å². The van der Waals surface area contributed by atoms with Gasteiger partial charge in [0.05, 0.1) is 17.8 Å². The molecule has 39 heavy (non-hydrogen) atoms. The van der Waals surface area contributed by atoms with Crippen LogP contribution in [0.2, 0.25) is 0 Å². The Morgan fingerprint density at radius 1 is 1.03 bits per heavy atom. The Hall–Kier alpha value is -4.19. The van der Waals surface area contributed by atoms with Gasteiger partial charge in [-0.3, -0.25) is 14.5 Å². The molecule has 0 radical (unpaired) electrons. The van der Waals surface area contributed by atoms with Crippen LogP contribution in [0.25, 0.3) is 10.9 Å². The molecular formula is C27H29N7O5. The van der Waals surface area contributed by atoms with Gasteiger partial charge in [-0.1, -0.05) is 19.3 Å². The highest BCUT2D eigenvalue weighted by atomic mass is 16.7. The smallest absolute Gasteiger partial charge is 0.289 e. The molecule has 12 nitrogen and oxygen atoms in total. The summed E-state index contributed by atoms with van der Waals surface area (Å²) in [4.78, 5) is 33.5. The lowest BCUT2D eigenvalue weighted by molar-refractivity contribution is 0.0556. The normalized spacial score (nSPS) is 19.0. The van der Waals surface area contributed by atoms with Crippen LogP contribution < -0.4 is 15.0 Å². The molecule has 1 saturated carbocycles. The minimum Gasteiger partial charge on any atom is -0.459 e. The molecule has 0 spiro atoms. The predicted molar refractivity (Wildman–Crippen MR) is 139 cm³/mol. The number of aromatic nitrogens is 5. The molecule has 1 aromatic carbocycles. The lowest BCUT2D eigenvalue weighted by atomic mass is 9.95. The molecule has 4 aromatic rings. The summed E-state index contributed by atoms with van der Waals surface area (Å²) < 4.78 is 18.3. The van der Waals surface area contributed by atoms with Crippen molar-refractivity contribution < 1.29 is 18.7 Å². The number of benzene rings is 1. The number of pyridine rings is 1. The first-order valence-corrected chi connectivity index (χ1v) is 13.5. The molecule has 2 fully saturated rings. The number of hydrogen-bond acceptors (Lipinski definition) is 9. The van der Waals surface area contributed by atoms with Gasteiger partial charge >= 0.3 is 0 Å². The van der Waals surface area contributed by atoms with Gasteiger partial charge in [-0.2, -0.15) is 0 Å². The van der Waals surface area contributed by atoms with E-state index in [0.29, 0.717) is 60.3 Å². The number of hydrogen-bond donors (Lipinski definition) is 1. The Balaban J connectivity index is 1.27. The number of carbonyl (C=O) groups is 1. The number of furan rings is 1. The van der Waals surface area contributed by atoms with Crippen molar-refractivity contribution in [1.82, 2.24) is 35.0 Å². The summed E-state index contributed by atoms with van der Waals surface area (Å²) in [6, 6.07) is 8.68. The Labute approximate surface area is 223 Å². The standard InChI is InChI=1S/C27H29N7O5/c35-26-19(13-17-14-22-23(39-16-38-22)15-20(17)28-26)24(25-29-30-31-34(25)18-5-2-1-3-6-18)32-8-10-33(11-9-32)27(36)21-7-4-12-37-21/h4,7,12-15,18,24H,1-3,5-6,8-11,16H2,(H,28,35)/t24-/m0/s1. The molecule has 3 aliphatic rings. The largest absolute Gasteiger partial charge is 0.459 e. The van der Waals surface area contributed by atoms with Crippen molar-refractivity contribution in [2.45, 2.75) is 44.2 Å². The van der Waals surface area contributed by atoms with E-state index in [9.17, 15) is 9.59 Å². The number of H-pyrrole nitrogens is 1. The Bertz CT molecular complexity index is 1550. The van der Waals surface area contributed by atoms with Gasteiger partial charge in [0.1, 0.15) is 6.04 Å². The maximum Gasteiger partial charge on any atom is 0.289 e. The van der Waals surface area contributed by atoms with E-state index in [2.05, 4.69) is 25.4 Å². The van der Waals surface area contributed by atoms with Gasteiger partial charge < -0.3 is 23.8 Å². The number of aromatic amines is 1. The minimum absolute atomic E-state index is 0.136. The summed E-state index contributed by atoms with van der Waals surface area (Å²) in [5, 5.41) is 13.8. The van der Waals surface area contributed by atoms with E-state index in [1.807, 2.05) is 16.8 Å². The number of amides is 1. The van der Waals surface area contributed by atoms with Crippen LogP contribution in [0.5, 0.6) is 11.5 Å². The molecule has 5 heterocycles. The monoisotopic (exact) mass is 531 g/mol. The third-order valence-electron chi connectivity index (χ3n) is 8.04. The number of ether oxygens (including phenoxy) is 2. The van der Waals surface area contributed by atoms with E-state index in [1.54, 1.807) is 23.1 Å². The van der Waals surface area contributed by atoms with E-state index >= 15 is 0 Å². The van der Waals surface area contributed by atoms with Crippen LogP contribution in [-0.4, -0.2) is 73.9 Å². The zero-order valence-electron chi connectivity index (χ0n) is 21.4. The van der Waals surface area contributed by atoms with Gasteiger partial charge in [0, 0.05) is 43.2 Å². The number of tetrazole rings is 1. The molecule has 1 N–H and O–H groups in total. The molecular weight excluding hydrogens is 502 g/mol. The van der Waals surface area contributed by atoms with E-state index < -0.39 is 6.04 Å². The molecule has 1 saturated heterocycles. The molecule has 0 unspecified atom stereocenters. The highest BCUT2D eigenvalue weighted by Crippen LogP contribution is 2.37. The van der Waals surface area contributed by atoms with E-state index in [4.69, 9.17) is 13.9 Å². The molecule has 1 amide bonds. The molecule has 1 atom stereocenters. The van der Waals surface area contributed by atoms with Gasteiger partial charge in [-0.05, 0) is 47.5 Å². The van der Waals surface area contributed by atoms with Crippen LogP contribution in [0.1, 0.15) is 66.1 Å². The summed E-state index contributed by atoms with van der Waals surface area (Å²) in [5.74, 6) is 2.10. The van der Waals surface area contributed by atoms with E-state index in [0.717, 1.165) is 31.1 Å². The zero-order chi connectivity index (χ0) is 26.3. The number of nitrogens with zero attached hydrogens (tertiary/aromatic N) is 6. The Morgan fingerprint density at radius 3 is 2.59 bits per heavy atom. The zero-order valence-corrected chi connectivity index (χ0v) is 21.4. The quantitative estimate of drug-likeness (QED) is 0.413. The second-order valence-corrected chi connectivity index (χ2v) is 10.3. The van der Waals surface area contributed by atoms with Crippen LogP contribution in [0.15, 0.2) is 45.8 Å². The fourth-order valence-electron chi connectivity index (χ4n) is 6.02. The lowest BCUT2D eigenvalue weighted by Gasteiger charge is -2.38. The number of rotatable bonds is 5. The first kappa shape index (κ1) is 23.9. The van der Waals surface area contributed by atoms with Gasteiger partial charge in [-0.25, -0.2) is 4.68 Å². The number of carbonyl (C=O) groups excluding carboxylic acids is 1. The summed E-state index contributed by atoms with van der Waals surface area (Å²) >= 11 is 0. The molecule has 2 aliphatic heterocycles. The van der Waals surface area contributed by atoms with E-state index in [1.165, 1.54) is 12.7 Å². The Kier molecular flexibility index (Phi) is 6.03. The number of piperazine rings is 1. The van der Waals surface area contributed by atoms with Crippen LogP contribution >= 0.6 is 0 Å². The first-order chi connectivity index (χ1) is 19.2. The molecule has 1 aliphatic carbocycles. The summed E-state index contributed by atoms with van der Waals surface area (Å²) in [6.45, 7) is 2.24. The molecule has 7 rings (SSSR count). The summed E-state index contributed by atoms with van der Waals surface area (Å²) in [5.41, 5.74) is 1.02. The second-order valence-electron chi connectivity index (χ2n) is 10.3. The molecule has 0 bridgehead atoms. The van der Waals surface area contributed by atoms with Crippen molar-refractivity contribution in [3.05, 3.63) is 64.1 Å². The molecule has 202 valence electrons. The average Bonchev–Trinajstić information content (AvgIpc) is 3.75. The van der Waals surface area contributed by atoms with Crippen molar-refractivity contribution in [3.8, 4) is 11.5 Å². The third kappa shape index (κ3) is 4.34. The minimum atomic E-state index is -0.485.